The van der Waals surface area contributed by atoms with Crippen molar-refractivity contribution >= 4 is 36.9 Å². The highest BCUT2D eigenvalue weighted by molar-refractivity contribution is 6.85. The molecule has 5 nitrogen and oxygen atoms in total. The molecule has 1 fully saturated rings. The Labute approximate surface area is 265 Å². The van der Waals surface area contributed by atoms with Crippen molar-refractivity contribution in [3.8, 4) is 0 Å². The lowest BCUT2D eigenvalue weighted by Crippen LogP contribution is -2.58. The molecule has 0 spiro atoms. The molecular weight excluding hydrogens is 540 g/mol. The van der Waals surface area contributed by atoms with Gasteiger partial charge in [0.25, 0.3) is 0 Å². The molecule has 0 unspecified atom stereocenters. The van der Waals surface area contributed by atoms with E-state index in [9.17, 15) is 0 Å². The van der Waals surface area contributed by atoms with Crippen molar-refractivity contribution in [1.82, 2.24) is 9.62 Å². The van der Waals surface area contributed by atoms with Crippen molar-refractivity contribution in [1.29, 1.82) is 0 Å². The zero-order valence-electron chi connectivity index (χ0n) is 28.7. The second kappa shape index (κ2) is 11.8. The molecular formula is C37H47B2N3O2. The molecule has 0 aliphatic carbocycles. The number of hydrogen-bond acceptors (Lipinski definition) is 5. The first-order valence-corrected chi connectivity index (χ1v) is 15.7. The topological polar surface area (TPSA) is 37.3 Å². The van der Waals surface area contributed by atoms with Crippen molar-refractivity contribution in [2.75, 3.05) is 0 Å². The van der Waals surface area contributed by atoms with E-state index in [1.807, 2.05) is 11.0 Å². The van der Waals surface area contributed by atoms with Gasteiger partial charge in [-0.25, -0.2) is 0 Å². The fraction of sp³-hybridized carbons (Fsp3) is 0.378. The zero-order chi connectivity index (χ0) is 32.1. The third-order valence-corrected chi connectivity index (χ3v) is 9.53. The highest BCUT2D eigenvalue weighted by atomic mass is 16.7. The van der Waals surface area contributed by atoms with E-state index in [0.29, 0.717) is 0 Å². The van der Waals surface area contributed by atoms with Crippen molar-refractivity contribution < 1.29 is 9.31 Å². The van der Waals surface area contributed by atoms with Crippen LogP contribution in [-0.4, -0.2) is 41.1 Å². The van der Waals surface area contributed by atoms with Gasteiger partial charge in [-0.1, -0.05) is 75.8 Å². The number of para-hydroxylation sites is 1. The summed E-state index contributed by atoms with van der Waals surface area (Å²) in [6.45, 7) is 25.8. The minimum Gasteiger partial charge on any atom is -0.384 e. The van der Waals surface area contributed by atoms with Crippen molar-refractivity contribution in [3.63, 3.8) is 0 Å². The summed E-state index contributed by atoms with van der Waals surface area (Å²) in [5, 5.41) is 0. The van der Waals surface area contributed by atoms with Gasteiger partial charge in [0.1, 0.15) is 0 Å². The summed E-state index contributed by atoms with van der Waals surface area (Å²) in [7, 11) is -0.550. The van der Waals surface area contributed by atoms with Gasteiger partial charge in [0, 0.05) is 18.6 Å². The van der Waals surface area contributed by atoms with E-state index in [-0.39, 0.29) is 6.85 Å². The van der Waals surface area contributed by atoms with Crippen LogP contribution in [0.15, 0.2) is 71.8 Å². The zero-order valence-corrected chi connectivity index (χ0v) is 28.7. The van der Waals surface area contributed by atoms with Gasteiger partial charge >= 0.3 is 14.1 Å². The molecule has 0 atom stereocenters. The normalized spacial score (nSPS) is 17.5. The highest BCUT2D eigenvalue weighted by Gasteiger charge is 2.54. The Balaban J connectivity index is 1.71. The van der Waals surface area contributed by atoms with Crippen LogP contribution in [0.3, 0.4) is 0 Å². The number of hydrogen-bond donors (Lipinski definition) is 0. The molecule has 0 radical (unpaired) electrons. The van der Waals surface area contributed by atoms with Crippen LogP contribution in [0.4, 0.5) is 5.69 Å². The lowest BCUT2D eigenvalue weighted by Gasteiger charge is -2.37. The number of aryl methyl sites for hydroxylation is 8. The summed E-state index contributed by atoms with van der Waals surface area (Å²) < 4.78 is 12.9. The van der Waals surface area contributed by atoms with E-state index in [1.165, 1.54) is 44.3 Å². The van der Waals surface area contributed by atoms with Gasteiger partial charge in [-0.05, 0) is 105 Å². The molecule has 44 heavy (non-hydrogen) atoms. The third-order valence-electron chi connectivity index (χ3n) is 9.53. The third kappa shape index (κ3) is 5.92. The van der Waals surface area contributed by atoms with E-state index < -0.39 is 18.5 Å². The number of aliphatic imine (C=N–C) groups is 1. The molecule has 0 saturated carbocycles. The van der Waals surface area contributed by atoms with E-state index in [2.05, 4.69) is 149 Å². The van der Waals surface area contributed by atoms with Gasteiger partial charge in [0.15, 0.2) is 0 Å². The summed E-state index contributed by atoms with van der Waals surface area (Å²) in [5.41, 5.74) is 13.6. The number of allylic oxidation sites excluding steroid dienone is 1. The largest absolute Gasteiger partial charge is 0.598 e. The molecule has 5 rings (SSSR count). The molecule has 2 aliphatic heterocycles. The molecule has 2 heterocycles. The van der Waals surface area contributed by atoms with Crippen LogP contribution in [0.5, 0.6) is 0 Å². The second-order valence-electron chi connectivity index (χ2n) is 13.8. The van der Waals surface area contributed by atoms with E-state index >= 15 is 0 Å². The maximum atomic E-state index is 6.47. The summed E-state index contributed by atoms with van der Waals surface area (Å²) in [5.74, 6) is 0. The van der Waals surface area contributed by atoms with Crippen LogP contribution >= 0.6 is 0 Å². The lowest BCUT2D eigenvalue weighted by molar-refractivity contribution is 0.00578. The van der Waals surface area contributed by atoms with Crippen LogP contribution in [0.2, 0.25) is 0 Å². The maximum Gasteiger partial charge on any atom is 0.598 e. The van der Waals surface area contributed by atoms with Crippen LogP contribution in [-0.2, 0) is 9.31 Å². The summed E-state index contributed by atoms with van der Waals surface area (Å²) >= 11 is 0. The maximum absolute atomic E-state index is 6.47. The van der Waals surface area contributed by atoms with Crippen molar-refractivity contribution in [2.24, 2.45) is 4.99 Å². The van der Waals surface area contributed by atoms with Crippen LogP contribution < -0.4 is 10.9 Å². The average Bonchev–Trinajstić information content (AvgIpc) is 3.13. The number of rotatable bonds is 6. The fourth-order valence-corrected chi connectivity index (χ4v) is 6.70. The Morgan fingerprint density at radius 1 is 0.682 bits per heavy atom. The molecule has 0 amide bonds. The molecule has 228 valence electrons. The molecule has 3 aromatic rings. The van der Waals surface area contributed by atoms with Crippen LogP contribution in [0, 0.1) is 55.4 Å². The van der Waals surface area contributed by atoms with E-state index in [1.54, 1.807) is 0 Å². The van der Waals surface area contributed by atoms with Gasteiger partial charge in [0.05, 0.1) is 28.8 Å². The predicted octanol–water partition coefficient (Wildman–Crippen LogP) is 7.18. The van der Waals surface area contributed by atoms with Gasteiger partial charge in [0.2, 0.25) is 0 Å². The Morgan fingerprint density at radius 2 is 1.14 bits per heavy atom. The van der Waals surface area contributed by atoms with Crippen molar-refractivity contribution in [3.05, 3.63) is 111 Å². The van der Waals surface area contributed by atoms with Gasteiger partial charge in [-0.3, -0.25) is 4.99 Å². The lowest BCUT2D eigenvalue weighted by atomic mass is 9.45. The molecule has 1 saturated heterocycles. The molecule has 3 aromatic carbocycles. The summed E-state index contributed by atoms with van der Waals surface area (Å²) in [4.78, 5) is 9.50. The average molecular weight is 587 g/mol. The SMILES string of the molecule is Cc1cc(C)c(B(c2c(C)cc(C)cc2C)N2C=CN(B3OC(C)(C)C(C)(C)O3)C=C2C=Nc2c(C)cccc2C)c(C)c1. The summed E-state index contributed by atoms with van der Waals surface area (Å²) in [6.07, 6.45) is 8.36. The molecule has 0 N–H and O–H groups in total. The Morgan fingerprint density at radius 3 is 1.59 bits per heavy atom. The standard InChI is InChI=1S/C37H47B2N3O2/c1-24-18-28(5)33(29(6)19-24)38(34-30(7)20-25(2)21-31(34)8)42-17-16-41(39-43-36(9,10)37(11,12)44-39)23-32(42)22-40-35-26(3)14-13-15-27(35)4/h13-23H,1-12H3. The van der Waals surface area contributed by atoms with E-state index in [4.69, 9.17) is 14.3 Å². The fourth-order valence-electron chi connectivity index (χ4n) is 6.70. The molecule has 2 aliphatic rings. The minimum atomic E-state index is -0.550. The predicted molar refractivity (Wildman–Crippen MR) is 187 cm³/mol. The first-order chi connectivity index (χ1) is 20.6. The first kappa shape index (κ1) is 31.9. The molecule has 7 heteroatoms. The second-order valence-corrected chi connectivity index (χ2v) is 13.8. The van der Waals surface area contributed by atoms with Crippen molar-refractivity contribution in [2.45, 2.75) is 94.3 Å². The quantitative estimate of drug-likeness (QED) is 0.226. The Kier molecular flexibility index (Phi) is 8.52. The number of benzene rings is 3. The molecule has 0 bridgehead atoms. The van der Waals surface area contributed by atoms with Gasteiger partial charge < -0.3 is 18.9 Å². The monoisotopic (exact) mass is 587 g/mol. The Bertz CT molecular complexity index is 1550. The van der Waals surface area contributed by atoms with Gasteiger partial charge in [-0.15, -0.1) is 0 Å². The van der Waals surface area contributed by atoms with Crippen LogP contribution in [0.1, 0.15) is 72.2 Å². The van der Waals surface area contributed by atoms with Crippen LogP contribution in [0.25, 0.3) is 0 Å². The smallest absolute Gasteiger partial charge is 0.384 e. The van der Waals surface area contributed by atoms with Gasteiger partial charge in [-0.2, -0.15) is 0 Å². The summed E-state index contributed by atoms with van der Waals surface area (Å²) in [6, 6.07) is 15.5. The highest BCUT2D eigenvalue weighted by Crippen LogP contribution is 2.38. The number of nitrogens with zero attached hydrogens (tertiary/aromatic N) is 3. The molecule has 0 aromatic heterocycles. The minimum absolute atomic E-state index is 0.0661. The first-order valence-electron chi connectivity index (χ1n) is 15.7. The van der Waals surface area contributed by atoms with E-state index in [0.717, 1.165) is 22.5 Å². The Hall–Kier alpha value is -3.54.